The number of aromatic nitrogens is 2. The maximum absolute atomic E-state index is 12.9. The van der Waals surface area contributed by atoms with Crippen LogP contribution in [-0.4, -0.2) is 22.4 Å². The zero-order chi connectivity index (χ0) is 17.9. The molecule has 0 saturated heterocycles. The lowest BCUT2D eigenvalue weighted by molar-refractivity contribution is 0.0984. The van der Waals surface area contributed by atoms with Crippen LogP contribution < -0.4 is 10.2 Å². The molecule has 0 fully saturated rings. The first-order chi connectivity index (χ1) is 12.7. The Morgan fingerprint density at radius 2 is 2.04 bits per heavy atom. The fourth-order valence-electron chi connectivity index (χ4n) is 3.02. The molecule has 0 bridgehead atoms. The lowest BCUT2D eigenvalue weighted by Crippen LogP contribution is -2.29. The van der Waals surface area contributed by atoms with E-state index in [4.69, 9.17) is 5.26 Å². The van der Waals surface area contributed by atoms with Gasteiger partial charge in [-0.1, -0.05) is 24.3 Å². The van der Waals surface area contributed by atoms with Crippen molar-refractivity contribution in [2.24, 2.45) is 0 Å². The number of fused-ring (bicyclic) bond motifs is 1. The minimum absolute atomic E-state index is 0.147. The highest BCUT2D eigenvalue weighted by molar-refractivity contribution is 6.06. The first-order valence-corrected chi connectivity index (χ1v) is 8.24. The second-order valence-electron chi connectivity index (χ2n) is 5.92. The van der Waals surface area contributed by atoms with Gasteiger partial charge in [-0.05, 0) is 42.3 Å². The third-order valence-corrected chi connectivity index (χ3v) is 4.25. The van der Waals surface area contributed by atoms with Crippen molar-refractivity contribution in [3.05, 3.63) is 77.6 Å². The molecule has 2 aromatic carbocycles. The molecule has 2 heterocycles. The molecule has 1 aromatic heterocycles. The van der Waals surface area contributed by atoms with E-state index in [-0.39, 0.29) is 5.91 Å². The van der Waals surface area contributed by atoms with Crippen LogP contribution in [0.5, 0.6) is 0 Å². The van der Waals surface area contributed by atoms with Crippen molar-refractivity contribution in [1.82, 2.24) is 9.97 Å². The van der Waals surface area contributed by atoms with E-state index in [1.807, 2.05) is 30.3 Å². The third-order valence-electron chi connectivity index (χ3n) is 4.25. The first-order valence-electron chi connectivity index (χ1n) is 8.24. The van der Waals surface area contributed by atoms with Gasteiger partial charge >= 0.3 is 0 Å². The number of carbonyl (C=O) groups excluding carboxylic acids is 1. The lowest BCUT2D eigenvalue weighted by atomic mass is 10.2. The van der Waals surface area contributed by atoms with Crippen LogP contribution in [0.15, 0.2) is 60.8 Å². The van der Waals surface area contributed by atoms with Gasteiger partial charge in [-0.3, -0.25) is 4.79 Å². The van der Waals surface area contributed by atoms with Crippen LogP contribution in [0, 0.1) is 11.3 Å². The number of carbonyl (C=O) groups is 1. The summed E-state index contributed by atoms with van der Waals surface area (Å²) in [7, 11) is 0. The quantitative estimate of drug-likeness (QED) is 0.790. The maximum atomic E-state index is 12.9. The normalized spacial score (nSPS) is 12.3. The molecule has 0 atom stereocenters. The molecule has 1 aliphatic heterocycles. The van der Waals surface area contributed by atoms with Gasteiger partial charge in [0.05, 0.1) is 11.6 Å². The van der Waals surface area contributed by atoms with E-state index in [1.165, 1.54) is 5.56 Å². The van der Waals surface area contributed by atoms with Gasteiger partial charge in [-0.2, -0.15) is 5.26 Å². The summed E-state index contributed by atoms with van der Waals surface area (Å²) in [5.41, 5.74) is 3.67. The number of rotatable bonds is 3. The second kappa shape index (κ2) is 6.65. The Labute approximate surface area is 150 Å². The van der Waals surface area contributed by atoms with Gasteiger partial charge in [-0.25, -0.2) is 9.97 Å². The Morgan fingerprint density at radius 1 is 1.15 bits per heavy atom. The van der Waals surface area contributed by atoms with Crippen LogP contribution in [0.1, 0.15) is 21.6 Å². The maximum Gasteiger partial charge on any atom is 0.277 e. The molecule has 0 aliphatic carbocycles. The number of anilines is 3. The van der Waals surface area contributed by atoms with Gasteiger partial charge in [0.15, 0.2) is 0 Å². The molecular formula is C20H15N5O. The van der Waals surface area contributed by atoms with E-state index in [9.17, 15) is 4.79 Å². The van der Waals surface area contributed by atoms with Crippen molar-refractivity contribution in [2.75, 3.05) is 16.8 Å². The molecule has 126 valence electrons. The average molecular weight is 341 g/mol. The Hall–Kier alpha value is -3.72. The van der Waals surface area contributed by atoms with Crippen molar-refractivity contribution in [3.8, 4) is 6.07 Å². The van der Waals surface area contributed by atoms with Crippen LogP contribution >= 0.6 is 0 Å². The smallest absolute Gasteiger partial charge is 0.277 e. The van der Waals surface area contributed by atoms with Gasteiger partial charge in [-0.15, -0.1) is 0 Å². The predicted molar refractivity (Wildman–Crippen MR) is 98.3 cm³/mol. The summed E-state index contributed by atoms with van der Waals surface area (Å²) in [5, 5.41) is 12.0. The van der Waals surface area contributed by atoms with Gasteiger partial charge in [0.1, 0.15) is 5.69 Å². The van der Waals surface area contributed by atoms with E-state index >= 15 is 0 Å². The van der Waals surface area contributed by atoms with Crippen molar-refractivity contribution in [1.29, 1.82) is 5.26 Å². The van der Waals surface area contributed by atoms with Crippen molar-refractivity contribution in [3.63, 3.8) is 0 Å². The number of para-hydroxylation sites is 1. The number of hydrogen-bond donors (Lipinski definition) is 1. The zero-order valence-electron chi connectivity index (χ0n) is 13.9. The van der Waals surface area contributed by atoms with E-state index in [2.05, 4.69) is 21.4 Å². The second-order valence-corrected chi connectivity index (χ2v) is 5.92. The predicted octanol–water partition coefficient (Wildman–Crippen LogP) is 3.29. The summed E-state index contributed by atoms with van der Waals surface area (Å²) in [4.78, 5) is 23.1. The molecule has 3 aromatic rings. The van der Waals surface area contributed by atoms with Crippen molar-refractivity contribution >= 4 is 23.2 Å². The summed E-state index contributed by atoms with van der Waals surface area (Å²) in [6.45, 7) is 0.648. The first kappa shape index (κ1) is 15.8. The van der Waals surface area contributed by atoms with E-state index in [0.717, 1.165) is 12.1 Å². The number of nitriles is 1. The average Bonchev–Trinajstić information content (AvgIpc) is 3.12. The highest BCUT2D eigenvalue weighted by atomic mass is 16.2. The van der Waals surface area contributed by atoms with Gasteiger partial charge in [0.25, 0.3) is 5.91 Å². The highest BCUT2D eigenvalue weighted by Gasteiger charge is 2.26. The van der Waals surface area contributed by atoms with Crippen LogP contribution in [0.4, 0.5) is 17.3 Å². The molecule has 6 nitrogen and oxygen atoms in total. The molecule has 1 amide bonds. The number of amides is 1. The Balaban J connectivity index is 1.58. The standard InChI is InChI=1S/C20H15N5O/c21-13-14-4-3-6-16(12-14)23-20-22-10-8-17(24-20)19(26)25-11-9-15-5-1-2-7-18(15)25/h1-8,10,12H,9,11H2,(H,22,23,24). The fraction of sp³-hybridized carbons (Fsp3) is 0.100. The van der Waals surface area contributed by atoms with E-state index < -0.39 is 0 Å². The SMILES string of the molecule is N#Cc1cccc(Nc2nccc(C(=O)N3CCc4ccccc43)n2)c1. The molecule has 4 rings (SSSR count). The molecule has 0 radical (unpaired) electrons. The number of nitrogens with one attached hydrogen (secondary N) is 1. The van der Waals surface area contributed by atoms with Gasteiger partial charge in [0, 0.05) is 24.1 Å². The summed E-state index contributed by atoms with van der Waals surface area (Å²) in [6.07, 6.45) is 2.40. The van der Waals surface area contributed by atoms with E-state index in [0.29, 0.717) is 29.4 Å². The van der Waals surface area contributed by atoms with Crippen LogP contribution in [-0.2, 0) is 6.42 Å². The summed E-state index contributed by atoms with van der Waals surface area (Å²) < 4.78 is 0. The van der Waals surface area contributed by atoms with Gasteiger partial charge in [0.2, 0.25) is 5.95 Å². The minimum Gasteiger partial charge on any atom is -0.324 e. The van der Waals surface area contributed by atoms with Crippen molar-refractivity contribution < 1.29 is 4.79 Å². The summed E-state index contributed by atoms with van der Waals surface area (Å²) in [5.74, 6) is 0.171. The lowest BCUT2D eigenvalue weighted by Gasteiger charge is -2.17. The summed E-state index contributed by atoms with van der Waals surface area (Å²) in [6, 6.07) is 18.6. The fourth-order valence-corrected chi connectivity index (χ4v) is 3.02. The van der Waals surface area contributed by atoms with Crippen LogP contribution in [0.25, 0.3) is 0 Å². The number of nitrogens with zero attached hydrogens (tertiary/aromatic N) is 4. The Morgan fingerprint density at radius 3 is 2.92 bits per heavy atom. The molecule has 6 heteroatoms. The zero-order valence-corrected chi connectivity index (χ0v) is 13.9. The molecule has 1 aliphatic rings. The highest BCUT2D eigenvalue weighted by Crippen LogP contribution is 2.28. The number of hydrogen-bond acceptors (Lipinski definition) is 5. The largest absolute Gasteiger partial charge is 0.324 e. The molecule has 0 unspecified atom stereocenters. The van der Waals surface area contributed by atoms with Crippen LogP contribution in [0.3, 0.4) is 0 Å². The monoisotopic (exact) mass is 341 g/mol. The molecule has 1 N–H and O–H groups in total. The van der Waals surface area contributed by atoms with E-state index in [1.54, 1.807) is 35.4 Å². The Kier molecular flexibility index (Phi) is 4.04. The van der Waals surface area contributed by atoms with Gasteiger partial charge < -0.3 is 10.2 Å². The molecular weight excluding hydrogens is 326 g/mol. The Bertz CT molecular complexity index is 1020. The third kappa shape index (κ3) is 2.98. The summed E-state index contributed by atoms with van der Waals surface area (Å²) >= 11 is 0. The number of benzene rings is 2. The van der Waals surface area contributed by atoms with Crippen LogP contribution in [0.2, 0.25) is 0 Å². The van der Waals surface area contributed by atoms with Crippen molar-refractivity contribution in [2.45, 2.75) is 6.42 Å². The molecule has 0 saturated carbocycles. The minimum atomic E-state index is -0.147. The molecule has 0 spiro atoms. The molecule has 26 heavy (non-hydrogen) atoms. The topological polar surface area (TPSA) is 81.9 Å².